The Labute approximate surface area is 276 Å². The summed E-state index contributed by atoms with van der Waals surface area (Å²) in [5.74, 6) is 0.937. The summed E-state index contributed by atoms with van der Waals surface area (Å²) in [7, 11) is 0. The molecule has 0 radical (unpaired) electrons. The van der Waals surface area contributed by atoms with Crippen molar-refractivity contribution in [1.29, 1.82) is 0 Å². The molecule has 0 fully saturated rings. The Kier molecular flexibility index (Phi) is 20.5. The van der Waals surface area contributed by atoms with E-state index in [9.17, 15) is 0 Å². The van der Waals surface area contributed by atoms with Crippen LogP contribution < -0.4 is 10.0 Å². The molecule has 0 saturated heterocycles. The summed E-state index contributed by atoms with van der Waals surface area (Å²) in [6.07, 6.45) is 10.2. The molecular formula is C41H63N2S+. The zero-order valence-electron chi connectivity index (χ0n) is 29.8. The SMILES string of the molecule is C/C=C(\C=C/CC)CCC[NH2+][C@@H](c1ccccc1)[C@@H](NSc1c(C(C)C)cc(C)cc1C(C)C)c1ccccc1.CC.CC. The first kappa shape index (κ1) is 39.4. The van der Waals surface area contributed by atoms with Crippen LogP contribution >= 0.6 is 11.9 Å². The van der Waals surface area contributed by atoms with Crippen molar-refractivity contribution in [2.24, 2.45) is 0 Å². The fourth-order valence-electron chi connectivity index (χ4n) is 5.27. The van der Waals surface area contributed by atoms with Crippen molar-refractivity contribution in [3.8, 4) is 0 Å². The maximum atomic E-state index is 4.01. The first-order valence-electron chi connectivity index (χ1n) is 17.2. The summed E-state index contributed by atoms with van der Waals surface area (Å²) in [5, 5.41) is 2.55. The monoisotopic (exact) mass is 615 g/mol. The molecule has 3 aromatic rings. The molecule has 0 heterocycles. The Morgan fingerprint density at radius 1 is 0.818 bits per heavy atom. The zero-order chi connectivity index (χ0) is 32.9. The summed E-state index contributed by atoms with van der Waals surface area (Å²) in [4.78, 5) is 1.39. The summed E-state index contributed by atoms with van der Waals surface area (Å²) < 4.78 is 4.01. The number of aryl methyl sites for hydroxylation is 1. The molecule has 0 aliphatic carbocycles. The summed E-state index contributed by atoms with van der Waals surface area (Å²) in [5.41, 5.74) is 8.34. The molecule has 0 aliphatic rings. The number of nitrogens with one attached hydrogen (secondary N) is 1. The molecule has 0 spiro atoms. The molecular weight excluding hydrogens is 553 g/mol. The fourth-order valence-corrected chi connectivity index (χ4v) is 6.63. The molecule has 0 bridgehead atoms. The van der Waals surface area contributed by atoms with Gasteiger partial charge in [-0.15, -0.1) is 0 Å². The Hall–Kier alpha value is -2.59. The van der Waals surface area contributed by atoms with Gasteiger partial charge in [-0.25, -0.2) is 4.72 Å². The van der Waals surface area contributed by atoms with Gasteiger partial charge in [0.2, 0.25) is 0 Å². The summed E-state index contributed by atoms with van der Waals surface area (Å²) in [6.45, 7) is 24.9. The second kappa shape index (κ2) is 22.8. The van der Waals surface area contributed by atoms with E-state index < -0.39 is 0 Å². The largest absolute Gasteiger partial charge is 0.338 e. The van der Waals surface area contributed by atoms with Gasteiger partial charge in [-0.3, -0.25) is 0 Å². The first-order valence-corrected chi connectivity index (χ1v) is 18.0. The third kappa shape index (κ3) is 12.8. The van der Waals surface area contributed by atoms with Crippen LogP contribution in [-0.4, -0.2) is 6.54 Å². The number of rotatable bonds is 15. The molecule has 2 atom stereocenters. The quantitative estimate of drug-likeness (QED) is 0.101. The van der Waals surface area contributed by atoms with E-state index in [2.05, 4.69) is 150 Å². The number of allylic oxidation sites excluding steroid dienone is 4. The number of hydrogen-bond donors (Lipinski definition) is 2. The van der Waals surface area contributed by atoms with Gasteiger partial charge in [-0.05, 0) is 67.2 Å². The van der Waals surface area contributed by atoms with Crippen LogP contribution in [0.3, 0.4) is 0 Å². The Morgan fingerprint density at radius 2 is 1.34 bits per heavy atom. The van der Waals surface area contributed by atoms with Crippen LogP contribution in [0.15, 0.2) is 101 Å². The van der Waals surface area contributed by atoms with Gasteiger partial charge in [0.25, 0.3) is 0 Å². The Morgan fingerprint density at radius 3 is 1.82 bits per heavy atom. The number of quaternary nitrogens is 1. The first-order chi connectivity index (χ1) is 21.3. The van der Waals surface area contributed by atoms with Gasteiger partial charge < -0.3 is 5.32 Å². The number of hydrogen-bond acceptors (Lipinski definition) is 2. The fraction of sp³-hybridized carbons (Fsp3) is 0.463. The van der Waals surface area contributed by atoms with Gasteiger partial charge in [0.15, 0.2) is 0 Å². The van der Waals surface area contributed by atoms with Crippen molar-refractivity contribution < 1.29 is 5.32 Å². The third-order valence-corrected chi connectivity index (χ3v) is 8.60. The van der Waals surface area contributed by atoms with E-state index >= 15 is 0 Å². The van der Waals surface area contributed by atoms with Crippen molar-refractivity contribution in [2.75, 3.05) is 6.54 Å². The molecule has 3 heteroatoms. The zero-order valence-corrected chi connectivity index (χ0v) is 30.6. The lowest BCUT2D eigenvalue weighted by Gasteiger charge is -2.28. The minimum Gasteiger partial charge on any atom is -0.338 e. The van der Waals surface area contributed by atoms with Gasteiger partial charge in [0, 0.05) is 16.9 Å². The second-order valence-corrected chi connectivity index (χ2v) is 12.3. The topological polar surface area (TPSA) is 28.6 Å². The van der Waals surface area contributed by atoms with E-state index in [1.54, 1.807) is 0 Å². The molecule has 242 valence electrons. The average molecular weight is 616 g/mol. The molecule has 44 heavy (non-hydrogen) atoms. The van der Waals surface area contributed by atoms with E-state index in [1.165, 1.54) is 38.3 Å². The van der Waals surface area contributed by atoms with E-state index in [1.807, 2.05) is 39.6 Å². The lowest BCUT2D eigenvalue weighted by molar-refractivity contribution is -0.699. The maximum Gasteiger partial charge on any atom is 0.132 e. The van der Waals surface area contributed by atoms with Crippen LogP contribution in [-0.2, 0) is 0 Å². The van der Waals surface area contributed by atoms with Crippen LogP contribution in [0, 0.1) is 6.92 Å². The molecule has 0 saturated carbocycles. The third-order valence-electron chi connectivity index (χ3n) is 7.55. The van der Waals surface area contributed by atoms with E-state index in [-0.39, 0.29) is 12.1 Å². The standard InChI is InChI=1S/C37H50N2S.2C2H6/c1-8-10-18-30(9-2)19-17-24-38-35(31-20-13-11-14-21-31)36(32-22-15-12-16-23-32)39-40-37-33(27(3)4)25-29(7)26-34(37)28(5)6;2*1-2/h9-16,18,20-23,25-28,35-36,38-39H,8,17,19,24H2,1-7H3;2*1-2H3/p+1/b18-10-,30-9+;;/t35-,36-;;/m0../s1. The molecule has 3 N–H and O–H groups in total. The molecule has 0 aromatic heterocycles. The van der Waals surface area contributed by atoms with Crippen molar-refractivity contribution in [1.82, 2.24) is 4.72 Å². The lowest BCUT2D eigenvalue weighted by atomic mass is 9.93. The molecule has 0 unspecified atom stereocenters. The normalized spacial score (nSPS) is 12.9. The summed E-state index contributed by atoms with van der Waals surface area (Å²) in [6, 6.07) is 27.2. The highest BCUT2D eigenvalue weighted by molar-refractivity contribution is 7.97. The smallest absolute Gasteiger partial charge is 0.132 e. The van der Waals surface area contributed by atoms with E-state index in [0.717, 1.165) is 25.8 Å². The van der Waals surface area contributed by atoms with E-state index in [0.29, 0.717) is 11.8 Å². The van der Waals surface area contributed by atoms with Crippen molar-refractivity contribution >= 4 is 11.9 Å². The second-order valence-electron chi connectivity index (χ2n) is 11.4. The predicted molar refractivity (Wildman–Crippen MR) is 199 cm³/mol. The number of benzene rings is 3. The predicted octanol–water partition coefficient (Wildman–Crippen LogP) is 11.6. The van der Waals surface area contributed by atoms with Crippen molar-refractivity contribution in [3.05, 3.63) is 124 Å². The van der Waals surface area contributed by atoms with Crippen LogP contribution in [0.25, 0.3) is 0 Å². The van der Waals surface area contributed by atoms with Crippen LogP contribution in [0.5, 0.6) is 0 Å². The van der Waals surface area contributed by atoms with Crippen LogP contribution in [0.2, 0.25) is 0 Å². The van der Waals surface area contributed by atoms with E-state index in [4.69, 9.17) is 0 Å². The van der Waals surface area contributed by atoms with Gasteiger partial charge >= 0.3 is 0 Å². The highest BCUT2D eigenvalue weighted by Gasteiger charge is 2.29. The minimum atomic E-state index is 0.149. The molecule has 0 amide bonds. The minimum absolute atomic E-state index is 0.149. The Bertz CT molecular complexity index is 1180. The Balaban J connectivity index is 0.00000232. The molecule has 0 aliphatic heterocycles. The lowest BCUT2D eigenvalue weighted by Crippen LogP contribution is -2.86. The van der Waals surface area contributed by atoms with Crippen LogP contribution in [0.1, 0.15) is 140 Å². The molecule has 3 aromatic carbocycles. The highest BCUT2D eigenvalue weighted by atomic mass is 32.2. The van der Waals surface area contributed by atoms with Crippen molar-refractivity contribution in [3.63, 3.8) is 0 Å². The van der Waals surface area contributed by atoms with Gasteiger partial charge in [0.05, 0.1) is 12.6 Å². The van der Waals surface area contributed by atoms with Crippen molar-refractivity contribution in [2.45, 2.75) is 124 Å². The summed E-state index contributed by atoms with van der Waals surface area (Å²) >= 11 is 1.83. The van der Waals surface area contributed by atoms with Gasteiger partial charge in [-0.1, -0.05) is 164 Å². The maximum absolute atomic E-state index is 4.01. The van der Waals surface area contributed by atoms with Crippen LogP contribution in [0.4, 0.5) is 0 Å². The molecule has 3 rings (SSSR count). The van der Waals surface area contributed by atoms with Gasteiger partial charge in [0.1, 0.15) is 6.04 Å². The molecule has 2 nitrogen and oxygen atoms in total. The number of nitrogens with two attached hydrogens (primary N) is 1. The van der Waals surface area contributed by atoms with Gasteiger partial charge in [-0.2, -0.15) is 0 Å². The average Bonchev–Trinajstić information content (AvgIpc) is 3.06. The highest BCUT2D eigenvalue weighted by Crippen LogP contribution is 2.38.